The number of halogens is 2. The van der Waals surface area contributed by atoms with Gasteiger partial charge < -0.3 is 10.0 Å². The zero-order chi connectivity index (χ0) is 15.1. The predicted octanol–water partition coefficient (Wildman–Crippen LogP) is 2.00. The van der Waals surface area contributed by atoms with Crippen molar-refractivity contribution < 1.29 is 14.7 Å². The first-order chi connectivity index (χ1) is 9.99. The minimum absolute atomic E-state index is 0.0588. The Morgan fingerprint density at radius 3 is 2.76 bits per heavy atom. The molecule has 0 bridgehead atoms. The summed E-state index contributed by atoms with van der Waals surface area (Å²) in [6, 6.07) is 2.13. The summed E-state index contributed by atoms with van der Waals surface area (Å²) in [5, 5.41) is 10.7. The van der Waals surface area contributed by atoms with E-state index in [4.69, 9.17) is 23.2 Å². The van der Waals surface area contributed by atoms with Gasteiger partial charge in [-0.15, -0.1) is 0 Å². The standard InChI is InChI=1S/C13H13Cl2N3O3/c14-7-1-2-9(19)10(11(7)15)6-3-4-18-8(5-6)12(20)16-17-13(18)21/h1-2,6,8,19H,3-5H2,(H,16,20)(H,17,21)/t6-,8+/m1/s1. The molecule has 1 aromatic rings. The van der Waals surface area contributed by atoms with Gasteiger partial charge in [0.15, 0.2) is 0 Å². The molecule has 21 heavy (non-hydrogen) atoms. The maximum absolute atomic E-state index is 11.9. The second kappa shape index (κ2) is 5.27. The molecule has 8 heteroatoms. The second-order valence-corrected chi connectivity index (χ2v) is 5.93. The lowest BCUT2D eigenvalue weighted by molar-refractivity contribution is -0.129. The Labute approximate surface area is 131 Å². The Morgan fingerprint density at radius 1 is 1.24 bits per heavy atom. The van der Waals surface area contributed by atoms with Crippen LogP contribution in [0.4, 0.5) is 4.79 Å². The molecule has 2 atom stereocenters. The van der Waals surface area contributed by atoms with E-state index in [-0.39, 0.29) is 23.6 Å². The van der Waals surface area contributed by atoms with Crippen LogP contribution in [-0.4, -0.2) is 34.5 Å². The van der Waals surface area contributed by atoms with Gasteiger partial charge in [0.25, 0.3) is 5.91 Å². The first-order valence-electron chi connectivity index (χ1n) is 6.52. The highest BCUT2D eigenvalue weighted by Crippen LogP contribution is 2.43. The molecular weight excluding hydrogens is 317 g/mol. The van der Waals surface area contributed by atoms with Crippen molar-refractivity contribution in [1.29, 1.82) is 0 Å². The van der Waals surface area contributed by atoms with Crippen LogP contribution >= 0.6 is 23.2 Å². The topological polar surface area (TPSA) is 81.7 Å². The molecule has 0 radical (unpaired) electrons. The Hall–Kier alpha value is -1.66. The van der Waals surface area contributed by atoms with E-state index in [9.17, 15) is 14.7 Å². The van der Waals surface area contributed by atoms with Crippen molar-refractivity contribution in [3.05, 3.63) is 27.7 Å². The number of nitrogens with zero attached hydrogens (tertiary/aromatic N) is 1. The Morgan fingerprint density at radius 2 is 2.00 bits per heavy atom. The maximum atomic E-state index is 11.9. The molecule has 0 aliphatic carbocycles. The Balaban J connectivity index is 1.91. The van der Waals surface area contributed by atoms with Gasteiger partial charge in [0, 0.05) is 12.1 Å². The molecular formula is C13H13Cl2N3O3. The molecule has 0 aromatic heterocycles. The number of hydrazine groups is 1. The number of rotatable bonds is 1. The van der Waals surface area contributed by atoms with E-state index in [0.29, 0.717) is 35.0 Å². The fraction of sp³-hybridized carbons (Fsp3) is 0.385. The summed E-state index contributed by atoms with van der Waals surface area (Å²) in [7, 11) is 0. The van der Waals surface area contributed by atoms with Crippen LogP contribution in [0.25, 0.3) is 0 Å². The summed E-state index contributed by atoms with van der Waals surface area (Å²) in [4.78, 5) is 25.1. The van der Waals surface area contributed by atoms with Gasteiger partial charge in [0.1, 0.15) is 11.8 Å². The molecule has 2 heterocycles. The van der Waals surface area contributed by atoms with Crippen molar-refractivity contribution in [2.45, 2.75) is 24.8 Å². The number of hydrogen-bond acceptors (Lipinski definition) is 3. The molecule has 0 unspecified atom stereocenters. The molecule has 112 valence electrons. The molecule has 0 spiro atoms. The third-order valence-corrected chi connectivity index (χ3v) is 4.80. The molecule has 2 saturated heterocycles. The highest BCUT2D eigenvalue weighted by atomic mass is 35.5. The number of urea groups is 1. The van der Waals surface area contributed by atoms with Gasteiger partial charge in [0.05, 0.1) is 10.0 Å². The lowest BCUT2D eigenvalue weighted by Crippen LogP contribution is -2.65. The largest absolute Gasteiger partial charge is 0.508 e. The summed E-state index contributed by atoms with van der Waals surface area (Å²) in [5.41, 5.74) is 5.19. The maximum Gasteiger partial charge on any atom is 0.336 e. The normalized spacial score (nSPS) is 25.1. The van der Waals surface area contributed by atoms with Crippen LogP contribution in [0.2, 0.25) is 10.0 Å². The number of piperidine rings is 1. The average Bonchev–Trinajstić information content (AvgIpc) is 2.47. The number of nitrogens with one attached hydrogen (secondary N) is 2. The van der Waals surface area contributed by atoms with Crippen molar-refractivity contribution >= 4 is 35.1 Å². The van der Waals surface area contributed by atoms with Gasteiger partial charge in [-0.3, -0.25) is 10.2 Å². The number of carbonyl (C=O) groups excluding carboxylic acids is 2. The van der Waals surface area contributed by atoms with Gasteiger partial charge in [-0.05, 0) is 30.9 Å². The van der Waals surface area contributed by atoms with E-state index in [0.717, 1.165) is 0 Å². The van der Waals surface area contributed by atoms with Crippen LogP contribution in [-0.2, 0) is 4.79 Å². The number of phenolic OH excluding ortho intramolecular Hbond substituents is 1. The van der Waals surface area contributed by atoms with E-state index in [1.807, 2.05) is 0 Å². The second-order valence-electron chi connectivity index (χ2n) is 5.14. The van der Waals surface area contributed by atoms with Crippen molar-refractivity contribution in [1.82, 2.24) is 15.8 Å². The first-order valence-corrected chi connectivity index (χ1v) is 7.28. The SMILES string of the molecule is O=C1NNC(=O)N2CC[C@@H](c3c(O)ccc(Cl)c3Cl)C[C@@H]12. The van der Waals surface area contributed by atoms with E-state index in [1.54, 1.807) is 0 Å². The van der Waals surface area contributed by atoms with Crippen molar-refractivity contribution in [2.75, 3.05) is 6.54 Å². The van der Waals surface area contributed by atoms with Crippen LogP contribution in [0.3, 0.4) is 0 Å². The lowest BCUT2D eigenvalue weighted by atomic mass is 9.84. The van der Waals surface area contributed by atoms with E-state index in [2.05, 4.69) is 10.9 Å². The van der Waals surface area contributed by atoms with E-state index >= 15 is 0 Å². The third-order valence-electron chi connectivity index (χ3n) is 3.98. The van der Waals surface area contributed by atoms with Gasteiger partial charge in [-0.1, -0.05) is 23.2 Å². The number of benzene rings is 1. The fourth-order valence-electron chi connectivity index (χ4n) is 2.93. The van der Waals surface area contributed by atoms with Gasteiger partial charge >= 0.3 is 6.03 Å². The highest BCUT2D eigenvalue weighted by molar-refractivity contribution is 6.42. The van der Waals surface area contributed by atoms with Crippen LogP contribution in [0.1, 0.15) is 24.3 Å². The average molecular weight is 330 g/mol. The Kier molecular flexibility index (Phi) is 3.59. The van der Waals surface area contributed by atoms with E-state index < -0.39 is 6.04 Å². The van der Waals surface area contributed by atoms with Crippen molar-refractivity contribution in [3.63, 3.8) is 0 Å². The smallest absolute Gasteiger partial charge is 0.336 e. The molecule has 2 aliphatic heterocycles. The number of aromatic hydroxyl groups is 1. The first kappa shape index (κ1) is 14.3. The third kappa shape index (κ3) is 2.38. The highest BCUT2D eigenvalue weighted by Gasteiger charge is 2.41. The van der Waals surface area contributed by atoms with Crippen molar-refractivity contribution in [3.8, 4) is 5.75 Å². The number of carbonyl (C=O) groups is 2. The summed E-state index contributed by atoms with van der Waals surface area (Å²) in [5.74, 6) is -0.338. The Bertz CT molecular complexity index is 623. The van der Waals surface area contributed by atoms with E-state index in [1.165, 1.54) is 17.0 Å². The molecule has 3 amide bonds. The molecule has 6 nitrogen and oxygen atoms in total. The summed E-state index contributed by atoms with van der Waals surface area (Å²) in [6.45, 7) is 0.414. The fourth-order valence-corrected chi connectivity index (χ4v) is 3.41. The minimum Gasteiger partial charge on any atom is -0.508 e. The van der Waals surface area contributed by atoms with Gasteiger partial charge in [-0.2, -0.15) is 0 Å². The molecule has 2 aliphatic rings. The zero-order valence-electron chi connectivity index (χ0n) is 10.9. The molecule has 1 aromatic carbocycles. The predicted molar refractivity (Wildman–Crippen MR) is 77.3 cm³/mol. The van der Waals surface area contributed by atoms with Crippen LogP contribution in [0.5, 0.6) is 5.75 Å². The van der Waals surface area contributed by atoms with Crippen LogP contribution in [0.15, 0.2) is 12.1 Å². The van der Waals surface area contributed by atoms with Crippen LogP contribution < -0.4 is 10.9 Å². The zero-order valence-corrected chi connectivity index (χ0v) is 12.4. The summed E-state index contributed by atoms with van der Waals surface area (Å²) in [6.07, 6.45) is 0.998. The number of fused-ring (bicyclic) bond motifs is 1. The molecule has 3 rings (SSSR count). The number of amides is 3. The monoisotopic (exact) mass is 329 g/mol. The molecule has 0 saturated carbocycles. The molecule has 2 fully saturated rings. The summed E-state index contributed by atoms with van der Waals surface area (Å²) >= 11 is 12.2. The van der Waals surface area contributed by atoms with Crippen molar-refractivity contribution in [2.24, 2.45) is 0 Å². The quantitative estimate of drug-likeness (QED) is 0.737. The molecule has 3 N–H and O–H groups in total. The van der Waals surface area contributed by atoms with Gasteiger partial charge in [0.2, 0.25) is 0 Å². The lowest BCUT2D eigenvalue weighted by Gasteiger charge is -2.41. The number of hydrogen-bond donors (Lipinski definition) is 3. The van der Waals surface area contributed by atoms with Gasteiger partial charge in [-0.25, -0.2) is 10.2 Å². The van der Waals surface area contributed by atoms with Crippen LogP contribution in [0, 0.1) is 0 Å². The summed E-state index contributed by atoms with van der Waals surface area (Å²) < 4.78 is 0. The minimum atomic E-state index is -0.563. The number of phenols is 1.